The highest BCUT2D eigenvalue weighted by molar-refractivity contribution is 6.32. The van der Waals surface area contributed by atoms with Crippen LogP contribution in [0.2, 0.25) is 5.22 Å². The molecule has 1 saturated heterocycles. The molecule has 5 heteroatoms. The second-order valence-electron chi connectivity index (χ2n) is 5.63. The molecular weight excluding hydrogens is 278 g/mol. The summed E-state index contributed by atoms with van der Waals surface area (Å²) in [5, 5.41) is 0.136. The van der Waals surface area contributed by atoms with Crippen molar-refractivity contribution in [2.24, 2.45) is 5.92 Å². The zero-order chi connectivity index (χ0) is 14.1. The molecule has 1 amide bonds. The van der Waals surface area contributed by atoms with Crippen molar-refractivity contribution >= 4 is 23.3 Å². The van der Waals surface area contributed by atoms with Crippen LogP contribution in [0.3, 0.4) is 0 Å². The van der Waals surface area contributed by atoms with Gasteiger partial charge in [-0.2, -0.15) is 0 Å². The fraction of sp³-hybridized carbons (Fsp3) is 0.600. The lowest BCUT2D eigenvalue weighted by atomic mass is 9.88. The highest BCUT2D eigenvalue weighted by Gasteiger charge is 2.39. The van der Waals surface area contributed by atoms with Gasteiger partial charge in [0.05, 0.1) is 11.8 Å². The van der Waals surface area contributed by atoms with Crippen molar-refractivity contribution in [1.82, 2.24) is 4.90 Å². The number of furan rings is 1. The van der Waals surface area contributed by atoms with Crippen molar-refractivity contribution in [2.45, 2.75) is 44.6 Å². The molecule has 1 saturated carbocycles. The Kier molecular flexibility index (Phi) is 3.83. The Morgan fingerprint density at radius 2 is 2.15 bits per heavy atom. The molecule has 2 atom stereocenters. The molecule has 2 unspecified atom stereocenters. The van der Waals surface area contributed by atoms with Gasteiger partial charge in [0.25, 0.3) is 5.91 Å². The summed E-state index contributed by atoms with van der Waals surface area (Å²) in [7, 11) is 0. The van der Waals surface area contributed by atoms with Crippen LogP contribution < -0.4 is 0 Å². The first kappa shape index (κ1) is 13.7. The zero-order valence-corrected chi connectivity index (χ0v) is 12.1. The van der Waals surface area contributed by atoms with Gasteiger partial charge in [-0.3, -0.25) is 9.59 Å². The highest BCUT2D eigenvalue weighted by atomic mass is 35.5. The van der Waals surface area contributed by atoms with Crippen molar-refractivity contribution in [3.63, 3.8) is 0 Å². The monoisotopic (exact) mass is 295 g/mol. The minimum atomic E-state index is -0.104. The van der Waals surface area contributed by atoms with Gasteiger partial charge in [0.1, 0.15) is 5.78 Å². The third kappa shape index (κ3) is 2.37. The van der Waals surface area contributed by atoms with Crippen molar-refractivity contribution in [2.75, 3.05) is 6.54 Å². The average molecular weight is 296 g/mol. The number of carbonyl (C=O) groups excluding carboxylic acids is 2. The lowest BCUT2D eigenvalue weighted by molar-refractivity contribution is -0.122. The van der Waals surface area contributed by atoms with Gasteiger partial charge in [0.15, 0.2) is 0 Å². The lowest BCUT2D eigenvalue weighted by Crippen LogP contribution is -2.48. The van der Waals surface area contributed by atoms with Crippen LogP contribution in [0, 0.1) is 5.92 Å². The fourth-order valence-electron chi connectivity index (χ4n) is 3.48. The lowest BCUT2D eigenvalue weighted by Gasteiger charge is -2.38. The Hall–Kier alpha value is -1.29. The third-order valence-electron chi connectivity index (χ3n) is 4.47. The molecule has 1 aromatic heterocycles. The van der Waals surface area contributed by atoms with Crippen LogP contribution in [0.15, 0.2) is 16.7 Å². The SMILES string of the molecule is O=C1CCCC1C1CCCCN1C(=O)c1ccoc1Cl. The predicted octanol–water partition coefficient (Wildman–Crippen LogP) is 3.30. The smallest absolute Gasteiger partial charge is 0.259 e. The topological polar surface area (TPSA) is 50.5 Å². The average Bonchev–Trinajstić information content (AvgIpc) is 3.06. The van der Waals surface area contributed by atoms with Gasteiger partial charge in [0, 0.05) is 24.9 Å². The minimum absolute atomic E-state index is 0.0185. The molecular formula is C15H18ClNO3. The first-order valence-electron chi connectivity index (χ1n) is 7.25. The van der Waals surface area contributed by atoms with Crippen molar-refractivity contribution in [3.05, 3.63) is 23.1 Å². The molecule has 2 aliphatic rings. The van der Waals surface area contributed by atoms with Crippen LogP contribution in [-0.2, 0) is 4.79 Å². The Bertz CT molecular complexity index is 525. The van der Waals surface area contributed by atoms with Gasteiger partial charge in [0.2, 0.25) is 5.22 Å². The third-order valence-corrected chi connectivity index (χ3v) is 4.77. The van der Waals surface area contributed by atoms with E-state index in [1.54, 1.807) is 6.07 Å². The predicted molar refractivity (Wildman–Crippen MR) is 74.7 cm³/mol. The quantitative estimate of drug-likeness (QED) is 0.841. The van der Waals surface area contributed by atoms with Gasteiger partial charge in [-0.05, 0) is 49.8 Å². The number of likely N-dealkylation sites (tertiary alicyclic amines) is 1. The van der Waals surface area contributed by atoms with Crippen molar-refractivity contribution in [3.8, 4) is 0 Å². The van der Waals surface area contributed by atoms with Crippen LogP contribution in [0.4, 0.5) is 0 Å². The number of Topliss-reactive ketones (excluding diaryl/α,β-unsaturated/α-hetero) is 1. The Morgan fingerprint density at radius 3 is 2.80 bits per heavy atom. The van der Waals surface area contributed by atoms with Crippen LogP contribution in [0.5, 0.6) is 0 Å². The number of amides is 1. The van der Waals surface area contributed by atoms with E-state index in [4.69, 9.17) is 16.0 Å². The highest BCUT2D eigenvalue weighted by Crippen LogP contribution is 2.34. The summed E-state index contributed by atoms with van der Waals surface area (Å²) >= 11 is 5.91. The molecule has 0 N–H and O–H groups in total. The van der Waals surface area contributed by atoms with Crippen LogP contribution >= 0.6 is 11.6 Å². The van der Waals surface area contributed by atoms with Crippen molar-refractivity contribution < 1.29 is 14.0 Å². The zero-order valence-electron chi connectivity index (χ0n) is 11.3. The van der Waals surface area contributed by atoms with Gasteiger partial charge < -0.3 is 9.32 Å². The number of hydrogen-bond acceptors (Lipinski definition) is 3. The maximum absolute atomic E-state index is 12.6. The van der Waals surface area contributed by atoms with E-state index in [9.17, 15) is 9.59 Å². The maximum atomic E-state index is 12.6. The molecule has 1 aliphatic heterocycles. The molecule has 0 radical (unpaired) electrons. The molecule has 2 fully saturated rings. The molecule has 1 aromatic rings. The largest absolute Gasteiger partial charge is 0.452 e. The molecule has 4 nitrogen and oxygen atoms in total. The van der Waals surface area contributed by atoms with E-state index in [-0.39, 0.29) is 23.1 Å². The van der Waals surface area contributed by atoms with Gasteiger partial charge >= 0.3 is 0 Å². The Morgan fingerprint density at radius 1 is 1.30 bits per heavy atom. The number of hydrogen-bond donors (Lipinski definition) is 0. The molecule has 0 spiro atoms. The molecule has 2 heterocycles. The van der Waals surface area contributed by atoms with E-state index in [1.165, 1.54) is 6.26 Å². The van der Waals surface area contributed by atoms with Crippen LogP contribution in [0.1, 0.15) is 48.9 Å². The molecule has 0 bridgehead atoms. The van der Waals surface area contributed by atoms with E-state index >= 15 is 0 Å². The number of ketones is 1. The summed E-state index contributed by atoms with van der Waals surface area (Å²) in [6, 6.07) is 1.64. The van der Waals surface area contributed by atoms with Crippen molar-refractivity contribution in [1.29, 1.82) is 0 Å². The fourth-order valence-corrected chi connectivity index (χ4v) is 3.67. The summed E-state index contributed by atoms with van der Waals surface area (Å²) in [6.07, 6.45) is 6.93. The van der Waals surface area contributed by atoms with E-state index in [0.29, 0.717) is 24.3 Å². The summed E-state index contributed by atoms with van der Waals surface area (Å²) < 4.78 is 5.01. The van der Waals surface area contributed by atoms with E-state index in [0.717, 1.165) is 32.1 Å². The Labute approximate surface area is 123 Å². The van der Waals surface area contributed by atoms with Gasteiger partial charge in [-0.25, -0.2) is 0 Å². The summed E-state index contributed by atoms with van der Waals surface area (Å²) in [5.41, 5.74) is 0.406. The number of nitrogens with zero attached hydrogens (tertiary/aromatic N) is 1. The normalized spacial score (nSPS) is 27.1. The summed E-state index contributed by atoms with van der Waals surface area (Å²) in [5.74, 6) is 0.228. The number of rotatable bonds is 2. The first-order chi connectivity index (χ1) is 9.68. The first-order valence-corrected chi connectivity index (χ1v) is 7.63. The summed E-state index contributed by atoms with van der Waals surface area (Å²) in [4.78, 5) is 26.5. The summed E-state index contributed by atoms with van der Waals surface area (Å²) in [6.45, 7) is 0.703. The Balaban J connectivity index is 1.84. The standard InChI is InChI=1S/C15H18ClNO3/c16-14-11(7-9-20-14)15(19)17-8-2-1-5-12(17)10-4-3-6-13(10)18/h7,9-10,12H,1-6,8H2. The number of piperidine rings is 1. The number of carbonyl (C=O) groups is 2. The van der Waals surface area contributed by atoms with Gasteiger partial charge in [-0.1, -0.05) is 0 Å². The molecule has 0 aromatic carbocycles. The van der Waals surface area contributed by atoms with Crippen LogP contribution in [0.25, 0.3) is 0 Å². The van der Waals surface area contributed by atoms with Gasteiger partial charge in [-0.15, -0.1) is 0 Å². The number of halogens is 1. The second kappa shape index (κ2) is 5.60. The maximum Gasteiger partial charge on any atom is 0.259 e. The molecule has 108 valence electrons. The van der Waals surface area contributed by atoms with E-state index in [2.05, 4.69) is 0 Å². The molecule has 3 rings (SSSR count). The second-order valence-corrected chi connectivity index (χ2v) is 5.98. The minimum Gasteiger partial charge on any atom is -0.452 e. The molecule has 1 aliphatic carbocycles. The van der Waals surface area contributed by atoms with E-state index in [1.807, 2.05) is 4.90 Å². The molecule has 20 heavy (non-hydrogen) atoms. The van der Waals surface area contributed by atoms with E-state index < -0.39 is 0 Å². The van der Waals surface area contributed by atoms with Crippen LogP contribution in [-0.4, -0.2) is 29.2 Å².